The standard InChI is InChI=1S/C47H38N2OSi/c1-51(2,3)41-31-29-39(30-32-41)48(37-23-17-34(18-24-37)33-11-5-4-6-12-33)38-25-19-35(20-26-38)36-21-27-40(28-22-36)49-44-15-9-7-13-42(44)47-46(49)43-14-8-10-16-45(43)50-47/h4-32H,1-3H3. The Balaban J connectivity index is 1.07. The smallest absolute Gasteiger partial charge is 0.161 e. The van der Waals surface area contributed by atoms with Crippen molar-refractivity contribution in [3.05, 3.63) is 176 Å². The number of furan rings is 1. The SMILES string of the molecule is C[Si](C)(C)c1ccc(N(c2ccc(-c3ccccc3)cc2)c2ccc(-c3ccc(-n4c5ccccc5c5oc6ccccc6c54)cc3)cc2)cc1. The maximum absolute atomic E-state index is 6.38. The minimum Gasteiger partial charge on any atom is -0.454 e. The first kappa shape index (κ1) is 30.9. The summed E-state index contributed by atoms with van der Waals surface area (Å²) in [6.45, 7) is 7.19. The molecular formula is C47H38N2OSi. The molecule has 0 saturated heterocycles. The van der Waals surface area contributed by atoms with Crippen LogP contribution in [0.1, 0.15) is 0 Å². The van der Waals surface area contributed by atoms with Crippen LogP contribution in [0.15, 0.2) is 180 Å². The highest BCUT2D eigenvalue weighted by atomic mass is 28.3. The lowest BCUT2D eigenvalue weighted by molar-refractivity contribution is 0.673. The van der Waals surface area contributed by atoms with E-state index >= 15 is 0 Å². The van der Waals surface area contributed by atoms with Crippen molar-refractivity contribution in [2.24, 2.45) is 0 Å². The summed E-state index contributed by atoms with van der Waals surface area (Å²) in [5, 5.41) is 3.70. The van der Waals surface area contributed by atoms with Crippen molar-refractivity contribution < 1.29 is 4.42 Å². The summed E-state index contributed by atoms with van der Waals surface area (Å²) in [6.07, 6.45) is 0. The summed E-state index contributed by atoms with van der Waals surface area (Å²) in [7, 11) is -1.42. The van der Waals surface area contributed by atoms with E-state index in [4.69, 9.17) is 4.42 Å². The summed E-state index contributed by atoms with van der Waals surface area (Å²) in [4.78, 5) is 2.35. The van der Waals surface area contributed by atoms with E-state index in [1.807, 2.05) is 12.1 Å². The largest absolute Gasteiger partial charge is 0.454 e. The van der Waals surface area contributed by atoms with Gasteiger partial charge in [0.2, 0.25) is 0 Å². The predicted octanol–water partition coefficient (Wildman–Crippen LogP) is 12.9. The fourth-order valence-corrected chi connectivity index (χ4v) is 8.45. The average Bonchev–Trinajstić information content (AvgIpc) is 3.71. The second-order valence-corrected chi connectivity index (χ2v) is 19.3. The lowest BCUT2D eigenvalue weighted by Gasteiger charge is -2.27. The third-order valence-corrected chi connectivity index (χ3v) is 12.1. The molecule has 3 nitrogen and oxygen atoms in total. The zero-order valence-electron chi connectivity index (χ0n) is 29.0. The van der Waals surface area contributed by atoms with Gasteiger partial charge in [0.05, 0.1) is 13.6 Å². The van der Waals surface area contributed by atoms with Gasteiger partial charge in [0, 0.05) is 33.5 Å². The number of rotatable bonds is 7. The molecule has 0 aliphatic heterocycles. The van der Waals surface area contributed by atoms with Crippen molar-refractivity contribution in [3.63, 3.8) is 0 Å². The maximum Gasteiger partial charge on any atom is 0.161 e. The number of aromatic nitrogens is 1. The highest BCUT2D eigenvalue weighted by Gasteiger charge is 2.20. The monoisotopic (exact) mass is 674 g/mol. The Labute approximate surface area is 299 Å². The van der Waals surface area contributed by atoms with Crippen LogP contribution in [0.3, 0.4) is 0 Å². The highest BCUT2D eigenvalue weighted by Crippen LogP contribution is 2.40. The third kappa shape index (κ3) is 5.54. The van der Waals surface area contributed by atoms with Gasteiger partial charge in [-0.1, -0.05) is 128 Å². The minimum atomic E-state index is -1.42. The molecule has 0 fully saturated rings. The Bertz CT molecular complexity index is 2620. The Kier molecular flexibility index (Phi) is 7.48. The molecule has 0 unspecified atom stereocenters. The second-order valence-electron chi connectivity index (χ2n) is 14.3. The quantitative estimate of drug-likeness (QED) is 0.157. The molecule has 0 bridgehead atoms. The molecule has 0 radical (unpaired) electrons. The van der Waals surface area contributed by atoms with Gasteiger partial charge in [-0.3, -0.25) is 0 Å². The molecule has 0 aliphatic rings. The van der Waals surface area contributed by atoms with E-state index in [0.29, 0.717) is 0 Å². The van der Waals surface area contributed by atoms with E-state index in [1.54, 1.807) is 0 Å². The normalized spacial score (nSPS) is 11.8. The first-order valence-electron chi connectivity index (χ1n) is 17.6. The van der Waals surface area contributed by atoms with E-state index < -0.39 is 8.07 Å². The second kappa shape index (κ2) is 12.3. The molecule has 0 N–H and O–H groups in total. The van der Waals surface area contributed by atoms with Crippen LogP contribution in [0.2, 0.25) is 19.6 Å². The van der Waals surface area contributed by atoms with Crippen LogP contribution in [0.5, 0.6) is 0 Å². The van der Waals surface area contributed by atoms with E-state index in [2.05, 4.69) is 193 Å². The highest BCUT2D eigenvalue weighted by molar-refractivity contribution is 6.88. The molecule has 7 aromatic carbocycles. The maximum atomic E-state index is 6.38. The van der Waals surface area contributed by atoms with Crippen molar-refractivity contribution >= 4 is 63.3 Å². The lowest BCUT2D eigenvalue weighted by atomic mass is 10.0. The molecule has 4 heteroatoms. The van der Waals surface area contributed by atoms with Crippen molar-refractivity contribution in [1.29, 1.82) is 0 Å². The molecule has 51 heavy (non-hydrogen) atoms. The first-order valence-corrected chi connectivity index (χ1v) is 21.1. The number of anilines is 3. The van der Waals surface area contributed by atoms with Gasteiger partial charge in [-0.15, -0.1) is 0 Å². The summed E-state index contributed by atoms with van der Waals surface area (Å²) in [5.41, 5.74) is 13.4. The Morgan fingerprint density at radius 1 is 0.451 bits per heavy atom. The molecule has 0 aliphatic carbocycles. The van der Waals surface area contributed by atoms with Crippen molar-refractivity contribution in [3.8, 4) is 27.9 Å². The molecule has 0 saturated carbocycles. The Morgan fingerprint density at radius 3 is 1.51 bits per heavy atom. The van der Waals surface area contributed by atoms with Gasteiger partial charge in [-0.2, -0.15) is 0 Å². The lowest BCUT2D eigenvalue weighted by Crippen LogP contribution is -2.37. The molecule has 2 aromatic heterocycles. The third-order valence-electron chi connectivity index (χ3n) is 9.99. The zero-order valence-corrected chi connectivity index (χ0v) is 30.0. The molecule has 0 amide bonds. The van der Waals surface area contributed by atoms with Gasteiger partial charge in [-0.25, -0.2) is 0 Å². The van der Waals surface area contributed by atoms with Crippen molar-refractivity contribution in [2.45, 2.75) is 19.6 Å². The van der Waals surface area contributed by atoms with Crippen LogP contribution >= 0.6 is 0 Å². The number of hydrogen-bond donors (Lipinski definition) is 0. The van der Waals surface area contributed by atoms with E-state index in [1.165, 1.54) is 27.4 Å². The minimum absolute atomic E-state index is 0.909. The zero-order chi connectivity index (χ0) is 34.5. The number of hydrogen-bond acceptors (Lipinski definition) is 2. The van der Waals surface area contributed by atoms with E-state index in [9.17, 15) is 0 Å². The molecule has 9 rings (SSSR count). The molecule has 2 heterocycles. The first-order chi connectivity index (χ1) is 24.9. The molecule has 246 valence electrons. The van der Waals surface area contributed by atoms with Crippen molar-refractivity contribution in [1.82, 2.24) is 4.57 Å². The van der Waals surface area contributed by atoms with E-state index in [0.717, 1.165) is 55.7 Å². The summed E-state index contributed by atoms with van der Waals surface area (Å²) < 4.78 is 8.71. The fourth-order valence-electron chi connectivity index (χ4n) is 7.28. The summed E-state index contributed by atoms with van der Waals surface area (Å²) in [6, 6.07) is 63.3. The van der Waals surface area contributed by atoms with Crippen LogP contribution in [0.25, 0.3) is 60.9 Å². The molecule has 0 atom stereocenters. The number of benzene rings is 7. The predicted molar refractivity (Wildman–Crippen MR) is 219 cm³/mol. The Hall–Kier alpha value is -6.10. The van der Waals surface area contributed by atoms with Gasteiger partial charge in [0.1, 0.15) is 11.1 Å². The fraction of sp³-hybridized carbons (Fsp3) is 0.0638. The van der Waals surface area contributed by atoms with Gasteiger partial charge in [-0.05, 0) is 95.1 Å². The number of fused-ring (bicyclic) bond motifs is 5. The topological polar surface area (TPSA) is 21.3 Å². The molecule has 9 aromatic rings. The average molecular weight is 675 g/mol. The molecule has 0 spiro atoms. The van der Waals surface area contributed by atoms with E-state index in [-0.39, 0.29) is 0 Å². The van der Waals surface area contributed by atoms with Gasteiger partial charge < -0.3 is 13.9 Å². The van der Waals surface area contributed by atoms with Crippen LogP contribution in [-0.2, 0) is 0 Å². The van der Waals surface area contributed by atoms with Crippen LogP contribution < -0.4 is 10.1 Å². The van der Waals surface area contributed by atoms with Gasteiger partial charge in [0.15, 0.2) is 5.58 Å². The van der Waals surface area contributed by atoms with Crippen LogP contribution in [0.4, 0.5) is 17.1 Å². The van der Waals surface area contributed by atoms with Gasteiger partial charge >= 0.3 is 0 Å². The van der Waals surface area contributed by atoms with Crippen LogP contribution in [-0.4, -0.2) is 12.6 Å². The number of nitrogens with zero attached hydrogens (tertiary/aromatic N) is 2. The summed E-state index contributed by atoms with van der Waals surface area (Å²) >= 11 is 0. The molecular weight excluding hydrogens is 637 g/mol. The summed E-state index contributed by atoms with van der Waals surface area (Å²) in [5.74, 6) is 0. The van der Waals surface area contributed by atoms with Crippen molar-refractivity contribution in [2.75, 3.05) is 4.90 Å². The number of para-hydroxylation sites is 2. The Morgan fingerprint density at radius 2 is 0.922 bits per heavy atom. The van der Waals surface area contributed by atoms with Gasteiger partial charge in [0.25, 0.3) is 0 Å². The van der Waals surface area contributed by atoms with Crippen LogP contribution in [0, 0.1) is 0 Å².